The number of nitriles is 1. The molecule has 1 fully saturated rings. The van der Waals surface area contributed by atoms with Gasteiger partial charge in [0.05, 0.1) is 14.9 Å². The molecule has 10 heteroatoms. The second-order valence-electron chi connectivity index (χ2n) is 6.36. The van der Waals surface area contributed by atoms with E-state index < -0.39 is 10.0 Å². The third kappa shape index (κ3) is 4.66. The van der Waals surface area contributed by atoms with Gasteiger partial charge in [-0.15, -0.1) is 0 Å². The van der Waals surface area contributed by atoms with Crippen LogP contribution in [0.3, 0.4) is 0 Å². The Morgan fingerprint density at radius 3 is 2.57 bits per heavy atom. The second-order valence-corrected chi connectivity index (χ2v) is 10.8. The van der Waals surface area contributed by atoms with Gasteiger partial charge in [0.1, 0.15) is 0 Å². The maximum Gasteiger partial charge on any atom is 0.244 e. The lowest BCUT2D eigenvalue weighted by atomic mass is 10.2. The highest BCUT2D eigenvalue weighted by atomic mass is 79.9. The number of hydrogen-bond donors (Lipinski definition) is 0. The molecule has 0 saturated carbocycles. The Morgan fingerprint density at radius 1 is 1.18 bits per heavy atom. The fraction of sp³-hybridized carbons (Fsp3) is 0.278. The summed E-state index contributed by atoms with van der Waals surface area (Å²) in [5, 5.41) is 9.96. The van der Waals surface area contributed by atoms with Gasteiger partial charge in [0, 0.05) is 34.6 Å². The van der Waals surface area contributed by atoms with E-state index in [1.165, 1.54) is 4.31 Å². The Morgan fingerprint density at radius 2 is 1.93 bits per heavy atom. The van der Waals surface area contributed by atoms with Gasteiger partial charge in [0.25, 0.3) is 0 Å². The first-order valence-corrected chi connectivity index (χ1v) is 12.1. The molecular formula is C18H15Br2Cl2N3O2S. The minimum absolute atomic E-state index is 0.127. The van der Waals surface area contributed by atoms with Crippen LogP contribution in [0.2, 0.25) is 10.0 Å². The summed E-state index contributed by atoms with van der Waals surface area (Å²) in [5.41, 5.74) is 0.722. The number of likely N-dealkylation sites (tertiary alicyclic amines) is 1. The maximum absolute atomic E-state index is 13.6. The van der Waals surface area contributed by atoms with Crippen molar-refractivity contribution in [1.29, 1.82) is 5.26 Å². The zero-order valence-corrected chi connectivity index (χ0v) is 19.9. The van der Waals surface area contributed by atoms with Gasteiger partial charge in [-0.3, -0.25) is 0 Å². The quantitative estimate of drug-likeness (QED) is 0.462. The molecule has 2 aromatic carbocycles. The predicted molar refractivity (Wildman–Crippen MR) is 117 cm³/mol. The molecule has 2 aromatic rings. The summed E-state index contributed by atoms with van der Waals surface area (Å²) in [4.78, 5) is 1.73. The van der Waals surface area contributed by atoms with Crippen LogP contribution >= 0.6 is 55.1 Å². The molecule has 148 valence electrons. The fourth-order valence-corrected chi connectivity index (χ4v) is 6.52. The van der Waals surface area contributed by atoms with Crippen molar-refractivity contribution < 1.29 is 8.42 Å². The third-order valence-corrected chi connectivity index (χ3v) is 8.64. The van der Waals surface area contributed by atoms with Crippen LogP contribution in [-0.4, -0.2) is 36.8 Å². The molecule has 0 amide bonds. The van der Waals surface area contributed by atoms with Gasteiger partial charge in [-0.2, -0.15) is 9.57 Å². The van der Waals surface area contributed by atoms with Crippen molar-refractivity contribution in [2.75, 3.05) is 13.1 Å². The lowest BCUT2D eigenvalue weighted by molar-refractivity contribution is 0.314. The summed E-state index contributed by atoms with van der Waals surface area (Å²) in [5.74, 6) is 0. The van der Waals surface area contributed by atoms with Crippen LogP contribution in [0, 0.1) is 11.5 Å². The first kappa shape index (κ1) is 21.9. The summed E-state index contributed by atoms with van der Waals surface area (Å²) in [6.45, 7) is 0.999. The van der Waals surface area contributed by atoms with Crippen LogP contribution in [0.4, 0.5) is 0 Å². The van der Waals surface area contributed by atoms with Crippen molar-refractivity contribution in [1.82, 2.24) is 9.21 Å². The molecule has 0 radical (unpaired) electrons. The van der Waals surface area contributed by atoms with E-state index in [-0.39, 0.29) is 17.5 Å². The van der Waals surface area contributed by atoms with Gasteiger partial charge >= 0.3 is 0 Å². The van der Waals surface area contributed by atoms with Gasteiger partial charge in [-0.25, -0.2) is 8.42 Å². The van der Waals surface area contributed by atoms with E-state index in [4.69, 9.17) is 23.2 Å². The molecule has 1 aliphatic rings. The standard InChI is InChI=1S/C18H15Br2Cl2N3O2S/c19-13-2-3-15(20)18(8-13)28(26,27)25(14-5-6-24(10-14)11-23)9-12-1-4-16(21)17(22)7-12/h1-4,7-8,14H,5-6,9-10H2/t14-/m1/s1. The Bertz CT molecular complexity index is 1040. The van der Waals surface area contributed by atoms with E-state index in [0.717, 1.165) is 5.56 Å². The SMILES string of the molecule is N#CN1CC[C@@H](N(Cc2ccc(Cl)c(Cl)c2)S(=O)(=O)c2cc(Br)ccc2Br)C1. The molecule has 0 aromatic heterocycles. The van der Waals surface area contributed by atoms with Crippen LogP contribution in [0.5, 0.6) is 0 Å². The van der Waals surface area contributed by atoms with Crippen LogP contribution in [-0.2, 0) is 16.6 Å². The minimum atomic E-state index is -3.85. The zero-order valence-electron chi connectivity index (χ0n) is 14.4. The van der Waals surface area contributed by atoms with Crippen molar-refractivity contribution >= 4 is 65.1 Å². The highest BCUT2D eigenvalue weighted by molar-refractivity contribution is 9.11. The van der Waals surface area contributed by atoms with Crippen LogP contribution in [0.1, 0.15) is 12.0 Å². The number of nitrogens with zero attached hydrogens (tertiary/aromatic N) is 3. The zero-order chi connectivity index (χ0) is 20.5. The summed E-state index contributed by atoms with van der Waals surface area (Å²) < 4.78 is 29.7. The van der Waals surface area contributed by atoms with Crippen LogP contribution in [0.25, 0.3) is 0 Å². The van der Waals surface area contributed by atoms with Crippen molar-refractivity contribution in [3.05, 3.63) is 61.0 Å². The number of halogens is 4. The highest BCUT2D eigenvalue weighted by Gasteiger charge is 2.37. The van der Waals surface area contributed by atoms with E-state index in [0.29, 0.717) is 38.5 Å². The molecule has 0 aliphatic carbocycles. The van der Waals surface area contributed by atoms with Crippen molar-refractivity contribution in [2.45, 2.75) is 23.9 Å². The van der Waals surface area contributed by atoms with Crippen LogP contribution in [0.15, 0.2) is 50.2 Å². The van der Waals surface area contributed by atoms with Crippen molar-refractivity contribution in [3.8, 4) is 6.19 Å². The van der Waals surface area contributed by atoms with Gasteiger partial charge in [0.15, 0.2) is 6.19 Å². The van der Waals surface area contributed by atoms with E-state index >= 15 is 0 Å². The molecule has 1 atom stereocenters. The Kier molecular flexibility index (Phi) is 6.96. The average molecular weight is 568 g/mol. The molecule has 28 heavy (non-hydrogen) atoms. The monoisotopic (exact) mass is 565 g/mol. The molecule has 0 bridgehead atoms. The van der Waals surface area contributed by atoms with Gasteiger partial charge in [0.2, 0.25) is 10.0 Å². The average Bonchev–Trinajstić information content (AvgIpc) is 3.13. The molecule has 1 heterocycles. The molecule has 1 saturated heterocycles. The molecule has 5 nitrogen and oxygen atoms in total. The summed E-state index contributed by atoms with van der Waals surface area (Å²) in [6, 6.07) is 9.76. The van der Waals surface area contributed by atoms with Crippen LogP contribution < -0.4 is 0 Å². The largest absolute Gasteiger partial charge is 0.309 e. The molecule has 1 aliphatic heterocycles. The molecule has 0 unspecified atom stereocenters. The van der Waals surface area contributed by atoms with Gasteiger partial charge < -0.3 is 4.90 Å². The van der Waals surface area contributed by atoms with Gasteiger partial charge in [-0.05, 0) is 58.2 Å². The number of hydrogen-bond acceptors (Lipinski definition) is 4. The van der Waals surface area contributed by atoms with Crippen molar-refractivity contribution in [3.63, 3.8) is 0 Å². The number of sulfonamides is 1. The minimum Gasteiger partial charge on any atom is -0.309 e. The first-order chi connectivity index (χ1) is 13.2. The topological polar surface area (TPSA) is 64.4 Å². The lowest BCUT2D eigenvalue weighted by Gasteiger charge is -2.28. The maximum atomic E-state index is 13.6. The van der Waals surface area contributed by atoms with E-state index in [1.54, 1.807) is 41.3 Å². The van der Waals surface area contributed by atoms with E-state index in [9.17, 15) is 13.7 Å². The molecular weight excluding hydrogens is 553 g/mol. The molecule has 0 N–H and O–H groups in total. The summed E-state index contributed by atoms with van der Waals surface area (Å²) in [6.07, 6.45) is 2.67. The fourth-order valence-electron chi connectivity index (χ4n) is 3.10. The summed E-state index contributed by atoms with van der Waals surface area (Å²) in [7, 11) is -3.85. The molecule has 3 rings (SSSR count). The summed E-state index contributed by atoms with van der Waals surface area (Å²) >= 11 is 18.8. The van der Waals surface area contributed by atoms with Gasteiger partial charge in [-0.1, -0.05) is 45.2 Å². The number of benzene rings is 2. The Balaban J connectivity index is 2.03. The van der Waals surface area contributed by atoms with E-state index in [2.05, 4.69) is 38.1 Å². The smallest absolute Gasteiger partial charge is 0.244 e. The van der Waals surface area contributed by atoms with Crippen molar-refractivity contribution in [2.24, 2.45) is 0 Å². The third-order valence-electron chi connectivity index (χ3n) is 4.51. The number of rotatable bonds is 5. The Hall–Kier alpha value is -0.820. The molecule has 0 spiro atoms. The predicted octanol–water partition coefficient (Wildman–Crippen LogP) is 5.26. The highest BCUT2D eigenvalue weighted by Crippen LogP contribution is 2.33. The Labute approximate surface area is 191 Å². The normalized spacial score (nSPS) is 17.1. The van der Waals surface area contributed by atoms with E-state index in [1.807, 2.05) is 0 Å². The second kappa shape index (κ2) is 8.90. The lowest BCUT2D eigenvalue weighted by Crippen LogP contribution is -2.41. The first-order valence-electron chi connectivity index (χ1n) is 8.28.